The fourth-order valence-electron chi connectivity index (χ4n) is 3.37. The van der Waals surface area contributed by atoms with Gasteiger partial charge < -0.3 is 15.4 Å². The van der Waals surface area contributed by atoms with Crippen molar-refractivity contribution in [2.75, 3.05) is 32.1 Å². The second-order valence-electron chi connectivity index (χ2n) is 7.28. The Labute approximate surface area is 175 Å². The summed E-state index contributed by atoms with van der Waals surface area (Å²) in [5.41, 5.74) is 2.03. The van der Waals surface area contributed by atoms with Gasteiger partial charge in [-0.05, 0) is 31.4 Å². The molecule has 0 atom stereocenters. The zero-order valence-corrected chi connectivity index (χ0v) is 17.6. The number of likely N-dealkylation sites (tertiary alicyclic amines) is 1. The predicted molar refractivity (Wildman–Crippen MR) is 112 cm³/mol. The van der Waals surface area contributed by atoms with Crippen molar-refractivity contribution < 1.29 is 14.3 Å². The van der Waals surface area contributed by atoms with E-state index < -0.39 is 0 Å². The predicted octanol–water partition coefficient (Wildman–Crippen LogP) is 2.22. The molecule has 2 amide bonds. The molecule has 1 aliphatic heterocycles. The van der Waals surface area contributed by atoms with Crippen LogP contribution >= 0.6 is 11.6 Å². The van der Waals surface area contributed by atoms with Crippen molar-refractivity contribution in [1.82, 2.24) is 20.0 Å². The van der Waals surface area contributed by atoms with Crippen molar-refractivity contribution in [2.24, 2.45) is 7.05 Å². The SMILES string of the molecule is COc1cc(Cl)c(C)cc1NC(=O)CN1CCC(NC(=O)c2cnn(C)c2)CC1. The van der Waals surface area contributed by atoms with Gasteiger partial charge in [0.25, 0.3) is 5.91 Å². The van der Waals surface area contributed by atoms with Crippen molar-refractivity contribution in [1.29, 1.82) is 0 Å². The van der Waals surface area contributed by atoms with Crippen LogP contribution in [0.5, 0.6) is 5.75 Å². The van der Waals surface area contributed by atoms with Crippen LogP contribution in [-0.2, 0) is 11.8 Å². The van der Waals surface area contributed by atoms with E-state index in [1.54, 1.807) is 43.4 Å². The highest BCUT2D eigenvalue weighted by molar-refractivity contribution is 6.31. The molecule has 1 fully saturated rings. The molecule has 9 heteroatoms. The molecule has 0 aliphatic carbocycles. The summed E-state index contributed by atoms with van der Waals surface area (Å²) in [5.74, 6) is 0.313. The number of halogens is 1. The van der Waals surface area contributed by atoms with Gasteiger partial charge in [-0.1, -0.05) is 11.6 Å². The number of nitrogens with zero attached hydrogens (tertiary/aromatic N) is 3. The molecule has 0 saturated carbocycles. The number of benzene rings is 1. The number of hydrogen-bond acceptors (Lipinski definition) is 5. The number of aromatic nitrogens is 2. The number of nitrogens with one attached hydrogen (secondary N) is 2. The van der Waals surface area contributed by atoms with Gasteiger partial charge >= 0.3 is 0 Å². The van der Waals surface area contributed by atoms with Crippen molar-refractivity contribution in [3.8, 4) is 5.75 Å². The summed E-state index contributed by atoms with van der Waals surface area (Å²) in [4.78, 5) is 26.8. The largest absolute Gasteiger partial charge is 0.495 e. The quantitative estimate of drug-likeness (QED) is 0.749. The molecule has 1 aromatic heterocycles. The summed E-state index contributed by atoms with van der Waals surface area (Å²) in [6.45, 7) is 3.64. The van der Waals surface area contributed by atoms with E-state index in [0.717, 1.165) is 31.5 Å². The fraction of sp³-hybridized carbons (Fsp3) is 0.450. The number of amides is 2. The van der Waals surface area contributed by atoms with Crippen LogP contribution in [0.3, 0.4) is 0 Å². The molecule has 2 N–H and O–H groups in total. The van der Waals surface area contributed by atoms with Crippen molar-refractivity contribution in [3.63, 3.8) is 0 Å². The van der Waals surface area contributed by atoms with Crippen LogP contribution in [-0.4, -0.2) is 59.3 Å². The highest BCUT2D eigenvalue weighted by Crippen LogP contribution is 2.30. The van der Waals surface area contributed by atoms with E-state index in [2.05, 4.69) is 20.6 Å². The molecule has 0 radical (unpaired) electrons. The summed E-state index contributed by atoms with van der Waals surface area (Å²) in [6, 6.07) is 3.60. The van der Waals surface area contributed by atoms with Gasteiger partial charge in [0.15, 0.2) is 0 Å². The second kappa shape index (κ2) is 9.28. The van der Waals surface area contributed by atoms with E-state index in [1.807, 2.05) is 6.92 Å². The Bertz CT molecular complexity index is 890. The molecule has 2 aromatic rings. The number of anilines is 1. The van der Waals surface area contributed by atoms with Crippen LogP contribution in [0, 0.1) is 6.92 Å². The van der Waals surface area contributed by atoms with Crippen LogP contribution in [0.25, 0.3) is 0 Å². The number of ether oxygens (including phenoxy) is 1. The topological polar surface area (TPSA) is 88.5 Å². The summed E-state index contributed by atoms with van der Waals surface area (Å²) < 4.78 is 6.91. The van der Waals surface area contributed by atoms with Crippen LogP contribution < -0.4 is 15.4 Å². The van der Waals surface area contributed by atoms with Crippen LogP contribution in [0.4, 0.5) is 5.69 Å². The molecular weight excluding hydrogens is 394 g/mol. The van der Waals surface area contributed by atoms with Gasteiger partial charge in [0.1, 0.15) is 5.75 Å². The van der Waals surface area contributed by atoms with Gasteiger partial charge in [0.2, 0.25) is 5.91 Å². The smallest absolute Gasteiger partial charge is 0.254 e. The number of rotatable bonds is 6. The Hall–Kier alpha value is -2.58. The van der Waals surface area contributed by atoms with E-state index >= 15 is 0 Å². The third-order valence-corrected chi connectivity index (χ3v) is 5.42. The van der Waals surface area contributed by atoms with Crippen molar-refractivity contribution in [2.45, 2.75) is 25.8 Å². The van der Waals surface area contributed by atoms with Gasteiger partial charge in [-0.25, -0.2) is 0 Å². The molecular formula is C20H26ClN5O3. The van der Waals surface area contributed by atoms with Gasteiger partial charge in [-0.15, -0.1) is 0 Å². The van der Waals surface area contributed by atoms with Crippen molar-refractivity contribution in [3.05, 3.63) is 40.7 Å². The maximum atomic E-state index is 12.5. The zero-order chi connectivity index (χ0) is 21.0. The molecule has 29 heavy (non-hydrogen) atoms. The van der Waals surface area contributed by atoms with E-state index in [1.165, 1.54) is 0 Å². The Kier molecular flexibility index (Phi) is 6.76. The minimum Gasteiger partial charge on any atom is -0.495 e. The molecule has 0 unspecified atom stereocenters. The molecule has 1 saturated heterocycles. The lowest BCUT2D eigenvalue weighted by Gasteiger charge is -2.31. The first-order chi connectivity index (χ1) is 13.9. The lowest BCUT2D eigenvalue weighted by molar-refractivity contribution is -0.117. The first kappa shape index (κ1) is 21.1. The third-order valence-electron chi connectivity index (χ3n) is 5.01. The third kappa shape index (κ3) is 5.48. The molecule has 1 aromatic carbocycles. The Balaban J connectivity index is 1.47. The molecule has 2 heterocycles. The number of carbonyl (C=O) groups excluding carboxylic acids is 2. The van der Waals surface area contributed by atoms with E-state index in [-0.39, 0.29) is 24.4 Å². The molecule has 8 nitrogen and oxygen atoms in total. The molecule has 0 bridgehead atoms. The van der Waals surface area contributed by atoms with Gasteiger partial charge in [-0.2, -0.15) is 5.10 Å². The number of methoxy groups -OCH3 is 1. The van der Waals surface area contributed by atoms with E-state index in [0.29, 0.717) is 22.0 Å². The van der Waals surface area contributed by atoms with Crippen LogP contribution in [0.15, 0.2) is 24.5 Å². The first-order valence-electron chi connectivity index (χ1n) is 9.51. The standard InChI is InChI=1S/C20H26ClN5O3/c1-13-8-17(18(29-3)9-16(13)21)24-19(27)12-26-6-4-15(5-7-26)23-20(28)14-10-22-25(2)11-14/h8-11,15H,4-7,12H2,1-3H3,(H,23,28)(H,24,27). The number of carbonyl (C=O) groups is 2. The highest BCUT2D eigenvalue weighted by atomic mass is 35.5. The normalized spacial score (nSPS) is 15.2. The first-order valence-corrected chi connectivity index (χ1v) is 9.89. The average molecular weight is 420 g/mol. The monoisotopic (exact) mass is 419 g/mol. The Morgan fingerprint density at radius 3 is 2.66 bits per heavy atom. The molecule has 3 rings (SSSR count). The summed E-state index contributed by atoms with van der Waals surface area (Å²) in [5, 5.41) is 10.6. The number of aryl methyl sites for hydroxylation is 2. The lowest BCUT2D eigenvalue weighted by Crippen LogP contribution is -2.46. The minimum absolute atomic E-state index is 0.0982. The summed E-state index contributed by atoms with van der Waals surface area (Å²) >= 11 is 6.11. The Morgan fingerprint density at radius 2 is 2.03 bits per heavy atom. The van der Waals surface area contributed by atoms with E-state index in [9.17, 15) is 9.59 Å². The average Bonchev–Trinajstić information content (AvgIpc) is 3.12. The fourth-order valence-corrected chi connectivity index (χ4v) is 3.52. The maximum absolute atomic E-state index is 12.5. The van der Waals surface area contributed by atoms with Crippen LogP contribution in [0.1, 0.15) is 28.8 Å². The van der Waals surface area contributed by atoms with Crippen LogP contribution in [0.2, 0.25) is 5.02 Å². The van der Waals surface area contributed by atoms with Crippen molar-refractivity contribution >= 4 is 29.1 Å². The summed E-state index contributed by atoms with van der Waals surface area (Å²) in [6.07, 6.45) is 4.84. The second-order valence-corrected chi connectivity index (χ2v) is 7.68. The maximum Gasteiger partial charge on any atom is 0.254 e. The Morgan fingerprint density at radius 1 is 1.31 bits per heavy atom. The van der Waals surface area contributed by atoms with Gasteiger partial charge in [0.05, 0.1) is 31.1 Å². The molecule has 1 aliphatic rings. The minimum atomic E-state index is -0.112. The van der Waals surface area contributed by atoms with Gasteiger partial charge in [0, 0.05) is 43.5 Å². The lowest BCUT2D eigenvalue weighted by atomic mass is 10.0. The molecule has 156 valence electrons. The summed E-state index contributed by atoms with van der Waals surface area (Å²) in [7, 11) is 3.32. The highest BCUT2D eigenvalue weighted by Gasteiger charge is 2.23. The van der Waals surface area contributed by atoms with Gasteiger partial charge in [-0.3, -0.25) is 19.2 Å². The van der Waals surface area contributed by atoms with E-state index in [4.69, 9.17) is 16.3 Å². The number of hydrogen-bond donors (Lipinski definition) is 2. The molecule has 0 spiro atoms. The zero-order valence-electron chi connectivity index (χ0n) is 16.9. The number of piperidine rings is 1.